The van der Waals surface area contributed by atoms with Crippen LogP contribution in [0.3, 0.4) is 0 Å². The first-order chi connectivity index (χ1) is 8.87. The number of halogens is 1. The molecule has 108 valence electrons. The normalized spacial score (nSPS) is 11.4. The number of hydrogen-bond acceptors (Lipinski definition) is 4. The maximum atomic E-state index is 11.3. The van der Waals surface area contributed by atoms with Gasteiger partial charge < -0.3 is 19.8 Å². The van der Waals surface area contributed by atoms with Crippen LogP contribution in [0, 0.1) is 3.77 Å². The number of nitrogens with one attached hydrogen (secondary N) is 2. The number of furan rings is 1. The van der Waals surface area contributed by atoms with Crippen molar-refractivity contribution in [3.8, 4) is 0 Å². The van der Waals surface area contributed by atoms with Gasteiger partial charge in [0.15, 0.2) is 3.77 Å². The first kappa shape index (κ1) is 16.3. The average molecular weight is 380 g/mol. The molecule has 6 heteroatoms. The Hall–Kier alpha value is -0.760. The number of amides is 1. The zero-order chi connectivity index (χ0) is 14.3. The van der Waals surface area contributed by atoms with Crippen molar-refractivity contribution in [2.75, 3.05) is 13.1 Å². The third kappa shape index (κ3) is 8.10. The first-order valence-corrected chi connectivity index (χ1v) is 7.36. The van der Waals surface area contributed by atoms with Gasteiger partial charge in [0.2, 0.25) is 0 Å². The molecule has 0 unspecified atom stereocenters. The Bertz CT molecular complexity index is 399. The fourth-order valence-corrected chi connectivity index (χ4v) is 1.84. The monoisotopic (exact) mass is 380 g/mol. The molecule has 1 heterocycles. The minimum Gasteiger partial charge on any atom is -0.454 e. The molecule has 0 saturated carbocycles. The number of ether oxygens (including phenoxy) is 1. The topological polar surface area (TPSA) is 63.5 Å². The van der Waals surface area contributed by atoms with Gasteiger partial charge in [0, 0.05) is 6.54 Å². The molecular formula is C13H21IN2O3. The van der Waals surface area contributed by atoms with Gasteiger partial charge in [-0.1, -0.05) is 0 Å². The van der Waals surface area contributed by atoms with Crippen molar-refractivity contribution in [3.05, 3.63) is 21.7 Å². The van der Waals surface area contributed by atoms with Crippen LogP contribution in [0.25, 0.3) is 0 Å². The highest BCUT2D eigenvalue weighted by Crippen LogP contribution is 2.09. The maximum Gasteiger partial charge on any atom is 0.407 e. The van der Waals surface area contributed by atoms with E-state index in [1.807, 2.05) is 32.9 Å². The summed E-state index contributed by atoms with van der Waals surface area (Å²) in [7, 11) is 0. The molecule has 0 aliphatic heterocycles. The number of alkyl carbamates (subject to hydrolysis) is 1. The second-order valence-electron chi connectivity index (χ2n) is 5.16. The van der Waals surface area contributed by atoms with E-state index < -0.39 is 5.60 Å². The highest BCUT2D eigenvalue weighted by Gasteiger charge is 2.15. The van der Waals surface area contributed by atoms with E-state index in [1.165, 1.54) is 0 Å². The largest absolute Gasteiger partial charge is 0.454 e. The molecular weight excluding hydrogens is 359 g/mol. The molecule has 2 N–H and O–H groups in total. The quantitative estimate of drug-likeness (QED) is 0.589. The van der Waals surface area contributed by atoms with Crippen molar-refractivity contribution < 1.29 is 13.9 Å². The predicted octanol–water partition coefficient (Wildman–Crippen LogP) is 2.89. The van der Waals surface area contributed by atoms with E-state index in [0.717, 1.165) is 22.5 Å². The lowest BCUT2D eigenvalue weighted by atomic mass is 10.2. The molecule has 0 aliphatic rings. The standard InChI is InChI=1S/C13H21IN2O3/c1-13(2,3)19-12(17)16-8-4-7-15-9-10-5-6-11(14)18-10/h5-6,15H,4,7-9H2,1-3H3,(H,16,17). The van der Waals surface area contributed by atoms with E-state index in [2.05, 4.69) is 33.2 Å². The lowest BCUT2D eigenvalue weighted by molar-refractivity contribution is 0.0527. The minimum absolute atomic E-state index is 0.368. The molecule has 0 fully saturated rings. The summed E-state index contributed by atoms with van der Waals surface area (Å²) in [5, 5.41) is 5.96. The van der Waals surface area contributed by atoms with Crippen LogP contribution < -0.4 is 10.6 Å². The van der Waals surface area contributed by atoms with Crippen molar-refractivity contribution >= 4 is 28.7 Å². The summed E-state index contributed by atoms with van der Waals surface area (Å²) in [6, 6.07) is 3.88. The summed E-state index contributed by atoms with van der Waals surface area (Å²) in [6.07, 6.45) is 0.477. The van der Waals surface area contributed by atoms with Crippen LogP contribution in [0.1, 0.15) is 33.0 Å². The van der Waals surface area contributed by atoms with E-state index >= 15 is 0 Å². The molecule has 0 spiro atoms. The number of rotatable bonds is 6. The Morgan fingerprint density at radius 2 is 2.11 bits per heavy atom. The molecule has 5 nitrogen and oxygen atoms in total. The van der Waals surface area contributed by atoms with E-state index in [4.69, 9.17) is 9.15 Å². The Morgan fingerprint density at radius 3 is 2.68 bits per heavy atom. The van der Waals surface area contributed by atoms with Crippen LogP contribution in [0.15, 0.2) is 16.5 Å². The van der Waals surface area contributed by atoms with Gasteiger partial charge in [0.1, 0.15) is 11.4 Å². The van der Waals surface area contributed by atoms with Crippen molar-refractivity contribution in [1.82, 2.24) is 10.6 Å². The molecule has 0 radical (unpaired) electrons. The average Bonchev–Trinajstić information content (AvgIpc) is 2.67. The Morgan fingerprint density at radius 1 is 1.37 bits per heavy atom. The molecule has 19 heavy (non-hydrogen) atoms. The van der Waals surface area contributed by atoms with Crippen LogP contribution >= 0.6 is 22.6 Å². The van der Waals surface area contributed by atoms with Gasteiger partial charge in [0.05, 0.1) is 6.54 Å². The summed E-state index contributed by atoms with van der Waals surface area (Å²) in [5.41, 5.74) is -0.446. The molecule has 1 aromatic heterocycles. The van der Waals surface area contributed by atoms with Gasteiger partial charge in [-0.25, -0.2) is 4.79 Å². The molecule has 0 aliphatic carbocycles. The van der Waals surface area contributed by atoms with Crippen molar-refractivity contribution in [3.63, 3.8) is 0 Å². The zero-order valence-electron chi connectivity index (χ0n) is 11.6. The Balaban J connectivity index is 2.01. The van der Waals surface area contributed by atoms with Crippen LogP contribution in [0.2, 0.25) is 0 Å². The Labute approximate surface area is 127 Å². The first-order valence-electron chi connectivity index (χ1n) is 6.28. The van der Waals surface area contributed by atoms with Crippen LogP contribution in [0.5, 0.6) is 0 Å². The smallest absolute Gasteiger partial charge is 0.407 e. The predicted molar refractivity (Wildman–Crippen MR) is 82.0 cm³/mol. The third-order valence-corrected chi connectivity index (χ3v) is 2.71. The number of carbonyl (C=O) groups is 1. The summed E-state index contributed by atoms with van der Waals surface area (Å²) < 4.78 is 11.4. The van der Waals surface area contributed by atoms with Crippen LogP contribution in [-0.2, 0) is 11.3 Å². The van der Waals surface area contributed by atoms with Crippen molar-refractivity contribution in [2.24, 2.45) is 0 Å². The third-order valence-electron chi connectivity index (χ3n) is 2.13. The second kappa shape index (κ2) is 7.74. The summed E-state index contributed by atoms with van der Waals surface area (Å²) in [6.45, 7) is 7.65. The summed E-state index contributed by atoms with van der Waals surface area (Å²) in [4.78, 5) is 11.3. The highest BCUT2D eigenvalue weighted by atomic mass is 127. The van der Waals surface area contributed by atoms with E-state index in [0.29, 0.717) is 13.1 Å². The van der Waals surface area contributed by atoms with Gasteiger partial charge >= 0.3 is 6.09 Å². The SMILES string of the molecule is CC(C)(C)OC(=O)NCCCNCc1ccc(I)o1. The van der Waals surface area contributed by atoms with E-state index in [1.54, 1.807) is 0 Å². The zero-order valence-corrected chi connectivity index (χ0v) is 13.7. The van der Waals surface area contributed by atoms with E-state index in [-0.39, 0.29) is 6.09 Å². The van der Waals surface area contributed by atoms with E-state index in [9.17, 15) is 4.79 Å². The number of carbonyl (C=O) groups excluding carboxylic acids is 1. The lowest BCUT2D eigenvalue weighted by Crippen LogP contribution is -2.33. The maximum absolute atomic E-state index is 11.3. The summed E-state index contributed by atoms with van der Waals surface area (Å²) >= 11 is 2.14. The van der Waals surface area contributed by atoms with Gasteiger partial charge in [-0.05, 0) is 68.5 Å². The number of hydrogen-bond donors (Lipinski definition) is 2. The summed E-state index contributed by atoms with van der Waals surface area (Å²) in [5.74, 6) is 0.921. The molecule has 0 aromatic carbocycles. The van der Waals surface area contributed by atoms with Gasteiger partial charge in [0.25, 0.3) is 0 Å². The lowest BCUT2D eigenvalue weighted by Gasteiger charge is -2.19. The van der Waals surface area contributed by atoms with Crippen molar-refractivity contribution in [2.45, 2.75) is 39.3 Å². The van der Waals surface area contributed by atoms with Crippen LogP contribution in [-0.4, -0.2) is 24.8 Å². The highest BCUT2D eigenvalue weighted by molar-refractivity contribution is 14.1. The van der Waals surface area contributed by atoms with Gasteiger partial charge in [-0.15, -0.1) is 0 Å². The fraction of sp³-hybridized carbons (Fsp3) is 0.615. The molecule has 0 atom stereocenters. The molecule has 0 saturated heterocycles. The minimum atomic E-state index is -0.446. The fourth-order valence-electron chi connectivity index (χ4n) is 1.38. The molecule has 0 bridgehead atoms. The second-order valence-corrected chi connectivity index (χ2v) is 6.23. The van der Waals surface area contributed by atoms with Gasteiger partial charge in [-0.3, -0.25) is 0 Å². The van der Waals surface area contributed by atoms with Gasteiger partial charge in [-0.2, -0.15) is 0 Å². The van der Waals surface area contributed by atoms with Crippen LogP contribution in [0.4, 0.5) is 4.79 Å². The molecule has 1 aromatic rings. The Kier molecular flexibility index (Phi) is 6.64. The molecule has 1 amide bonds. The molecule has 1 rings (SSSR count). The van der Waals surface area contributed by atoms with Crippen molar-refractivity contribution in [1.29, 1.82) is 0 Å².